The van der Waals surface area contributed by atoms with Crippen LogP contribution in [0.3, 0.4) is 0 Å². The lowest BCUT2D eigenvalue weighted by atomic mass is 10.5. The van der Waals surface area contributed by atoms with E-state index in [0.717, 1.165) is 18.8 Å². The van der Waals surface area contributed by atoms with Crippen LogP contribution in [0.5, 0.6) is 5.75 Å². The molecule has 0 unspecified atom stereocenters. The smallest absolute Gasteiger partial charge is 0.212 e. The molecule has 0 aliphatic carbocycles. The normalized spacial score (nSPS) is 13.8. The number of ether oxygens (including phenoxy) is 1. The molecular formula is C10H14BrN5O. The number of aliphatic imine (C=N–C) groups is 1. The van der Waals surface area contributed by atoms with Gasteiger partial charge in [0.15, 0.2) is 0 Å². The maximum Gasteiger partial charge on any atom is 0.212 e. The summed E-state index contributed by atoms with van der Waals surface area (Å²) in [6.07, 6.45) is 4.99. The molecule has 17 heavy (non-hydrogen) atoms. The fraction of sp³-hybridized carbons (Fsp3) is 0.300. The number of hydrogen-bond donors (Lipinski definition) is 2. The Morgan fingerprint density at radius 1 is 1.59 bits per heavy atom. The van der Waals surface area contributed by atoms with Gasteiger partial charge in [-0.1, -0.05) is 0 Å². The molecule has 0 spiro atoms. The van der Waals surface area contributed by atoms with Gasteiger partial charge in [0.25, 0.3) is 0 Å². The van der Waals surface area contributed by atoms with E-state index in [1.54, 1.807) is 18.6 Å². The molecule has 0 fully saturated rings. The number of hydrazone groups is 1. The number of hydrogen-bond acceptors (Lipinski definition) is 6. The summed E-state index contributed by atoms with van der Waals surface area (Å²) < 4.78 is 5.36. The van der Waals surface area contributed by atoms with Gasteiger partial charge in [0.05, 0.1) is 19.0 Å². The summed E-state index contributed by atoms with van der Waals surface area (Å²) in [5.41, 5.74) is 2.78. The average molecular weight is 300 g/mol. The van der Waals surface area contributed by atoms with E-state index in [4.69, 9.17) is 4.74 Å². The second kappa shape index (κ2) is 7.61. The van der Waals surface area contributed by atoms with Crippen LogP contribution in [-0.4, -0.2) is 36.9 Å². The van der Waals surface area contributed by atoms with Gasteiger partial charge in [-0.25, -0.2) is 10.4 Å². The van der Waals surface area contributed by atoms with Crippen molar-refractivity contribution < 1.29 is 4.74 Å². The fourth-order valence-electron chi connectivity index (χ4n) is 1.18. The van der Waals surface area contributed by atoms with E-state index in [1.807, 2.05) is 12.1 Å². The second-order valence-corrected chi connectivity index (χ2v) is 3.08. The van der Waals surface area contributed by atoms with Crippen molar-refractivity contribution in [1.29, 1.82) is 0 Å². The molecule has 7 heteroatoms. The van der Waals surface area contributed by atoms with Crippen LogP contribution in [0.25, 0.3) is 0 Å². The first-order valence-corrected chi connectivity index (χ1v) is 5.04. The zero-order chi connectivity index (χ0) is 11.1. The third kappa shape index (κ3) is 4.81. The van der Waals surface area contributed by atoms with Gasteiger partial charge < -0.3 is 10.1 Å². The van der Waals surface area contributed by atoms with Gasteiger partial charge >= 0.3 is 0 Å². The molecular weight excluding hydrogens is 286 g/mol. The van der Waals surface area contributed by atoms with Crippen LogP contribution >= 0.6 is 17.0 Å². The van der Waals surface area contributed by atoms with Gasteiger partial charge in [-0.15, -0.1) is 17.0 Å². The van der Waals surface area contributed by atoms with Crippen molar-refractivity contribution in [3.8, 4) is 5.75 Å². The Morgan fingerprint density at radius 3 is 3.24 bits per heavy atom. The number of pyridine rings is 1. The molecule has 0 saturated heterocycles. The minimum atomic E-state index is 0. The van der Waals surface area contributed by atoms with Crippen LogP contribution in [0, 0.1) is 0 Å². The van der Waals surface area contributed by atoms with Crippen molar-refractivity contribution in [2.45, 2.75) is 0 Å². The SMILES string of the molecule is Br.C(/COc1cccnc1)=N\NC1=NCCN1. The van der Waals surface area contributed by atoms with Crippen LogP contribution < -0.4 is 15.5 Å². The first kappa shape index (κ1) is 13.4. The first-order valence-electron chi connectivity index (χ1n) is 5.04. The van der Waals surface area contributed by atoms with Crippen LogP contribution in [0.15, 0.2) is 34.6 Å². The lowest BCUT2D eigenvalue weighted by Crippen LogP contribution is -2.30. The summed E-state index contributed by atoms with van der Waals surface area (Å²) in [4.78, 5) is 8.05. The molecule has 1 aliphatic heterocycles. The fourth-order valence-corrected chi connectivity index (χ4v) is 1.18. The number of rotatable bonds is 4. The topological polar surface area (TPSA) is 70.9 Å². The molecule has 1 aromatic heterocycles. The zero-order valence-corrected chi connectivity index (χ0v) is 10.9. The monoisotopic (exact) mass is 299 g/mol. The Hall–Kier alpha value is -1.63. The molecule has 1 aromatic rings. The van der Waals surface area contributed by atoms with E-state index in [-0.39, 0.29) is 17.0 Å². The Labute approximate surface area is 110 Å². The highest BCUT2D eigenvalue weighted by molar-refractivity contribution is 8.93. The summed E-state index contributed by atoms with van der Waals surface area (Å²) in [6.45, 7) is 2.06. The third-order valence-corrected chi connectivity index (χ3v) is 1.89. The Bertz CT molecular complexity index is 382. The highest BCUT2D eigenvalue weighted by Gasteiger charge is 2.00. The van der Waals surface area contributed by atoms with Crippen LogP contribution in [0.2, 0.25) is 0 Å². The van der Waals surface area contributed by atoms with Crippen molar-refractivity contribution in [3.05, 3.63) is 24.5 Å². The van der Waals surface area contributed by atoms with E-state index in [2.05, 4.69) is 25.8 Å². The van der Waals surface area contributed by atoms with Gasteiger partial charge in [0.1, 0.15) is 12.4 Å². The number of aromatic nitrogens is 1. The second-order valence-electron chi connectivity index (χ2n) is 3.08. The quantitative estimate of drug-likeness (QED) is 0.630. The summed E-state index contributed by atoms with van der Waals surface area (Å²) in [6, 6.07) is 3.67. The molecule has 0 aromatic carbocycles. The minimum absolute atomic E-state index is 0. The molecule has 0 saturated carbocycles. The number of nitrogens with zero attached hydrogens (tertiary/aromatic N) is 3. The van der Waals surface area contributed by atoms with Crippen molar-refractivity contribution >= 4 is 29.2 Å². The van der Waals surface area contributed by atoms with Gasteiger partial charge in [0.2, 0.25) is 5.96 Å². The number of guanidine groups is 1. The molecule has 1 aliphatic rings. The molecule has 92 valence electrons. The third-order valence-electron chi connectivity index (χ3n) is 1.89. The molecule has 2 rings (SSSR count). The summed E-state index contributed by atoms with van der Waals surface area (Å²) >= 11 is 0. The standard InChI is InChI=1S/C10H13N5O.BrH/c1-2-9(8-11-3-1)16-7-6-14-15-10-12-4-5-13-10;/h1-3,6,8H,4-5,7H2,(H2,12,13,15);1H/b14-6+;. The summed E-state index contributed by atoms with van der Waals surface area (Å²) in [5.74, 6) is 1.43. The summed E-state index contributed by atoms with van der Waals surface area (Å²) in [7, 11) is 0. The minimum Gasteiger partial charge on any atom is -0.486 e. The van der Waals surface area contributed by atoms with Crippen molar-refractivity contribution in [3.63, 3.8) is 0 Å². The van der Waals surface area contributed by atoms with E-state index in [1.165, 1.54) is 0 Å². The molecule has 0 bridgehead atoms. The Kier molecular flexibility index (Phi) is 6.02. The predicted molar refractivity (Wildman–Crippen MR) is 72.0 cm³/mol. The average Bonchev–Trinajstić information content (AvgIpc) is 2.83. The highest BCUT2D eigenvalue weighted by atomic mass is 79.9. The zero-order valence-electron chi connectivity index (χ0n) is 9.17. The predicted octanol–water partition coefficient (Wildman–Crippen LogP) is 0.573. The van der Waals surface area contributed by atoms with Crippen LogP contribution in [0.4, 0.5) is 0 Å². The lowest BCUT2D eigenvalue weighted by Gasteiger charge is -2.01. The largest absolute Gasteiger partial charge is 0.486 e. The molecule has 6 nitrogen and oxygen atoms in total. The van der Waals surface area contributed by atoms with Crippen molar-refractivity contribution in [1.82, 2.24) is 15.7 Å². The molecule has 0 amide bonds. The van der Waals surface area contributed by atoms with E-state index >= 15 is 0 Å². The van der Waals surface area contributed by atoms with Gasteiger partial charge in [-0.3, -0.25) is 4.98 Å². The first-order chi connectivity index (χ1) is 7.95. The van der Waals surface area contributed by atoms with E-state index in [9.17, 15) is 0 Å². The van der Waals surface area contributed by atoms with Crippen molar-refractivity contribution in [2.24, 2.45) is 10.1 Å². The number of nitrogens with one attached hydrogen (secondary N) is 2. The molecule has 0 atom stereocenters. The van der Waals surface area contributed by atoms with Crippen molar-refractivity contribution in [2.75, 3.05) is 19.7 Å². The highest BCUT2D eigenvalue weighted by Crippen LogP contribution is 2.04. The molecule has 2 N–H and O–H groups in total. The van der Waals surface area contributed by atoms with E-state index < -0.39 is 0 Å². The number of halogens is 1. The van der Waals surface area contributed by atoms with Gasteiger partial charge in [-0.2, -0.15) is 5.10 Å². The maximum atomic E-state index is 5.36. The molecule has 2 heterocycles. The maximum absolute atomic E-state index is 5.36. The van der Waals surface area contributed by atoms with Gasteiger partial charge in [-0.05, 0) is 12.1 Å². The van der Waals surface area contributed by atoms with Crippen LogP contribution in [0.1, 0.15) is 0 Å². The Morgan fingerprint density at radius 2 is 2.53 bits per heavy atom. The van der Waals surface area contributed by atoms with Crippen LogP contribution in [-0.2, 0) is 0 Å². The molecule has 0 radical (unpaired) electrons. The van der Waals surface area contributed by atoms with Gasteiger partial charge in [0, 0.05) is 12.7 Å². The van der Waals surface area contributed by atoms with E-state index in [0.29, 0.717) is 12.6 Å². The Balaban J connectivity index is 0.00000144. The summed E-state index contributed by atoms with van der Waals surface area (Å²) in [5, 5.41) is 6.99. The lowest BCUT2D eigenvalue weighted by molar-refractivity contribution is 0.378.